The molecule has 3 aromatic heterocycles. The van der Waals surface area contributed by atoms with Gasteiger partial charge in [-0.15, -0.1) is 0 Å². The Morgan fingerprint density at radius 2 is 1.89 bits per heavy atom. The molecule has 5 atom stereocenters. The maximum atomic E-state index is 14.0. The molecular formula is C34H35F2N3O4S. The number of Topliss-reactive ketones (excluding diaryl/α,β-unsaturated/α-hetero) is 1. The minimum Gasteiger partial charge on any atom is -0.445 e. The van der Waals surface area contributed by atoms with E-state index < -0.39 is 26.4 Å². The molecule has 4 aromatic rings. The Hall–Kier alpha value is -3.50. The van der Waals surface area contributed by atoms with E-state index in [2.05, 4.69) is 15.3 Å². The lowest BCUT2D eigenvalue weighted by atomic mass is 9.88. The normalized spacial score (nSPS) is 25.7. The third-order valence-electron chi connectivity index (χ3n) is 9.86. The minimum absolute atomic E-state index is 0.0140. The number of carbonyl (C=O) groups excluding carboxylic acids is 1. The van der Waals surface area contributed by atoms with Crippen molar-refractivity contribution in [2.24, 2.45) is 23.2 Å². The minimum atomic E-state index is -3.75. The number of hydrogen-bond donors (Lipinski definition) is 1. The van der Waals surface area contributed by atoms with E-state index in [9.17, 15) is 22.0 Å². The average molecular weight is 620 g/mol. The highest BCUT2D eigenvalue weighted by Crippen LogP contribution is 2.69. The fourth-order valence-electron chi connectivity index (χ4n) is 7.17. The number of aromatic nitrogens is 2. The lowest BCUT2D eigenvalue weighted by Gasteiger charge is -2.14. The van der Waals surface area contributed by atoms with E-state index >= 15 is 0 Å². The van der Waals surface area contributed by atoms with E-state index in [1.54, 1.807) is 24.4 Å². The molecule has 1 N–H and O–H groups in total. The van der Waals surface area contributed by atoms with E-state index in [-0.39, 0.29) is 52.8 Å². The van der Waals surface area contributed by atoms with Crippen molar-refractivity contribution in [3.8, 4) is 11.3 Å². The molecule has 4 heterocycles. The number of pyridine rings is 2. The molecule has 0 amide bonds. The van der Waals surface area contributed by atoms with Gasteiger partial charge in [-0.3, -0.25) is 14.8 Å². The maximum absolute atomic E-state index is 14.0. The van der Waals surface area contributed by atoms with Crippen molar-refractivity contribution in [1.82, 2.24) is 15.3 Å². The first kappa shape index (κ1) is 29.2. The number of para-hydroxylation sites is 1. The highest BCUT2D eigenvalue weighted by molar-refractivity contribution is 7.92. The molecule has 2 saturated carbocycles. The molecule has 0 radical (unpaired) electrons. The van der Waals surface area contributed by atoms with Crippen LogP contribution in [-0.4, -0.2) is 41.5 Å². The van der Waals surface area contributed by atoms with Gasteiger partial charge in [0.2, 0.25) is 14.9 Å². The van der Waals surface area contributed by atoms with Crippen molar-refractivity contribution in [1.29, 1.82) is 0 Å². The smallest absolute Gasteiger partial charge is 0.289 e. The van der Waals surface area contributed by atoms with Crippen LogP contribution in [0, 0.1) is 23.2 Å². The molecule has 1 aromatic carbocycles. The molecule has 2 aliphatic carbocycles. The van der Waals surface area contributed by atoms with E-state index in [1.165, 1.54) is 19.2 Å². The molecule has 5 unspecified atom stereocenters. The van der Waals surface area contributed by atoms with Crippen molar-refractivity contribution in [2.45, 2.75) is 74.8 Å². The van der Waals surface area contributed by atoms with Gasteiger partial charge in [0.1, 0.15) is 11.3 Å². The van der Waals surface area contributed by atoms with Crippen LogP contribution in [0.1, 0.15) is 51.3 Å². The number of ketones is 1. The third-order valence-corrected chi connectivity index (χ3v) is 11.9. The predicted molar refractivity (Wildman–Crippen MR) is 162 cm³/mol. The Balaban J connectivity index is 1.05. The lowest BCUT2D eigenvalue weighted by molar-refractivity contribution is -0.124. The van der Waals surface area contributed by atoms with E-state index in [1.807, 2.05) is 44.2 Å². The molecule has 44 heavy (non-hydrogen) atoms. The van der Waals surface area contributed by atoms with Gasteiger partial charge in [-0.25, -0.2) is 8.42 Å². The van der Waals surface area contributed by atoms with Gasteiger partial charge in [-0.2, -0.15) is 8.78 Å². The van der Waals surface area contributed by atoms with E-state index in [0.29, 0.717) is 36.1 Å². The number of fused-ring (bicyclic) bond motifs is 1. The van der Waals surface area contributed by atoms with Gasteiger partial charge in [0.25, 0.3) is 5.92 Å². The van der Waals surface area contributed by atoms with Crippen LogP contribution in [-0.2, 0) is 27.0 Å². The van der Waals surface area contributed by atoms with Crippen LogP contribution in [0.3, 0.4) is 0 Å². The van der Waals surface area contributed by atoms with Gasteiger partial charge < -0.3 is 9.73 Å². The van der Waals surface area contributed by atoms with Crippen LogP contribution < -0.4 is 5.32 Å². The Morgan fingerprint density at radius 1 is 1.11 bits per heavy atom. The summed E-state index contributed by atoms with van der Waals surface area (Å²) in [4.78, 5) is 22.3. The Bertz CT molecular complexity index is 1820. The standard InChI is InChI=1S/C34H35F2N3O4S/c1-4-34(35,36)26-10-9-22(18-38-26)23-15-20(11-14-37-23)16-24-30(39-24)32(40)33(12-13-33)29-28(19(2)3)31(29)44(41,42)27-17-21-7-5-6-8-25(21)43-27/h5-11,14-15,17-19,24,28-31,39H,4,12-13,16H2,1-3H3. The summed E-state index contributed by atoms with van der Waals surface area (Å²) < 4.78 is 61.4. The van der Waals surface area contributed by atoms with Gasteiger partial charge >= 0.3 is 0 Å². The Morgan fingerprint density at radius 3 is 2.55 bits per heavy atom. The first-order chi connectivity index (χ1) is 21.0. The molecule has 3 fully saturated rings. The van der Waals surface area contributed by atoms with Crippen molar-refractivity contribution in [2.75, 3.05) is 0 Å². The second kappa shape index (κ2) is 10.3. The zero-order valence-corrected chi connectivity index (χ0v) is 25.7. The van der Waals surface area contributed by atoms with Crippen molar-refractivity contribution < 1.29 is 26.4 Å². The molecule has 230 valence electrons. The van der Waals surface area contributed by atoms with Crippen LogP contribution in [0.15, 0.2) is 76.5 Å². The summed E-state index contributed by atoms with van der Waals surface area (Å²) in [6, 6.07) is 15.2. The number of halogens is 2. The molecule has 7 nitrogen and oxygen atoms in total. The summed E-state index contributed by atoms with van der Waals surface area (Å²) >= 11 is 0. The summed E-state index contributed by atoms with van der Waals surface area (Å²) in [5.74, 6) is -3.06. The second-order valence-corrected chi connectivity index (χ2v) is 15.0. The van der Waals surface area contributed by atoms with E-state index in [0.717, 1.165) is 10.9 Å². The molecule has 7 rings (SSSR count). The van der Waals surface area contributed by atoms with Gasteiger partial charge in [-0.05, 0) is 72.9 Å². The number of nitrogens with one attached hydrogen (secondary N) is 1. The maximum Gasteiger partial charge on any atom is 0.289 e. The van der Waals surface area contributed by atoms with Crippen LogP contribution >= 0.6 is 0 Å². The van der Waals surface area contributed by atoms with Crippen LogP contribution in [0.2, 0.25) is 0 Å². The lowest BCUT2D eigenvalue weighted by Crippen LogP contribution is -2.28. The fourth-order valence-corrected chi connectivity index (χ4v) is 9.57. The zero-order valence-electron chi connectivity index (χ0n) is 24.8. The Kier molecular flexibility index (Phi) is 6.82. The number of furan rings is 1. The van der Waals surface area contributed by atoms with Gasteiger partial charge in [0, 0.05) is 47.3 Å². The summed E-state index contributed by atoms with van der Waals surface area (Å²) in [5, 5.41) is 3.45. The van der Waals surface area contributed by atoms with Gasteiger partial charge in [-0.1, -0.05) is 39.0 Å². The molecular weight excluding hydrogens is 584 g/mol. The van der Waals surface area contributed by atoms with E-state index in [4.69, 9.17) is 4.42 Å². The number of hydrogen-bond acceptors (Lipinski definition) is 7. The largest absolute Gasteiger partial charge is 0.445 e. The number of sulfone groups is 1. The molecule has 3 aliphatic rings. The first-order valence-corrected chi connectivity index (χ1v) is 16.8. The SMILES string of the molecule is CCC(F)(F)c1ccc(-c2cc(CC3NC3C(=O)C3(C4C(C(C)C)C4S(=O)(=O)c4cc5ccccc5o4)CC3)ccn2)cn1. The summed E-state index contributed by atoms with van der Waals surface area (Å²) in [5.41, 5.74) is 1.88. The predicted octanol–water partition coefficient (Wildman–Crippen LogP) is 6.37. The van der Waals surface area contributed by atoms with Crippen molar-refractivity contribution >= 4 is 26.6 Å². The Labute approximate surface area is 255 Å². The van der Waals surface area contributed by atoms with Crippen molar-refractivity contribution in [3.05, 3.63) is 78.2 Å². The summed E-state index contributed by atoms with van der Waals surface area (Å²) in [6.07, 6.45) is 4.78. The molecule has 0 spiro atoms. The molecule has 0 bridgehead atoms. The highest BCUT2D eigenvalue weighted by Gasteiger charge is 2.75. The molecule has 1 aliphatic heterocycles. The first-order valence-electron chi connectivity index (χ1n) is 15.3. The number of nitrogens with zero attached hydrogens (tertiary/aromatic N) is 2. The molecule has 10 heteroatoms. The van der Waals surface area contributed by atoms with Gasteiger partial charge in [0.15, 0.2) is 5.78 Å². The fraction of sp³-hybridized carbons (Fsp3) is 0.441. The number of alkyl halides is 2. The highest BCUT2D eigenvalue weighted by atomic mass is 32.2. The van der Waals surface area contributed by atoms with Crippen molar-refractivity contribution in [3.63, 3.8) is 0 Å². The second-order valence-electron chi connectivity index (χ2n) is 13.0. The van der Waals surface area contributed by atoms with Gasteiger partial charge in [0.05, 0.1) is 17.0 Å². The topological polar surface area (TPSA) is 112 Å². The van der Waals surface area contributed by atoms with Crippen LogP contribution in [0.25, 0.3) is 22.2 Å². The third kappa shape index (κ3) is 4.86. The summed E-state index contributed by atoms with van der Waals surface area (Å²) in [7, 11) is -3.75. The molecule has 1 saturated heterocycles. The average Bonchev–Trinajstić information content (AvgIpc) is 3.93. The van der Waals surface area contributed by atoms with Crippen LogP contribution in [0.5, 0.6) is 0 Å². The number of benzene rings is 1. The monoisotopic (exact) mass is 619 g/mol. The van der Waals surface area contributed by atoms with Crippen LogP contribution in [0.4, 0.5) is 8.78 Å². The number of carbonyl (C=O) groups is 1. The number of rotatable bonds is 11. The quantitative estimate of drug-likeness (QED) is 0.194. The summed E-state index contributed by atoms with van der Waals surface area (Å²) in [6.45, 7) is 5.49. The zero-order chi connectivity index (χ0) is 31.0.